The number of hydrogen-bond acceptors (Lipinski definition) is 3. The molecule has 14 heavy (non-hydrogen) atoms. The number of hydrogen-bond donors (Lipinski definition) is 2. The fourth-order valence-electron chi connectivity index (χ4n) is 1.00. The molecule has 0 bridgehead atoms. The zero-order valence-electron chi connectivity index (χ0n) is 7.44. The smallest absolute Gasteiger partial charge is 0.409 e. The van der Waals surface area contributed by atoms with Gasteiger partial charge in [0.1, 0.15) is 5.69 Å². The number of rotatable bonds is 2. The van der Waals surface area contributed by atoms with E-state index >= 15 is 0 Å². The number of carbonyl (C=O) groups excluding carboxylic acids is 1. The Bertz CT molecular complexity index is 409. The van der Waals surface area contributed by atoms with Crippen LogP contribution in [0.4, 0.5) is 16.2 Å². The summed E-state index contributed by atoms with van der Waals surface area (Å²) in [6.45, 7) is 1.81. The molecular weight excluding hydrogens is 184 g/mol. The number of nitrogens with one attached hydrogen (secondary N) is 1. The molecule has 0 atom stereocenters. The minimum absolute atomic E-state index is 0.266. The third kappa shape index (κ3) is 2.43. The van der Waals surface area contributed by atoms with Gasteiger partial charge in [-0.15, -0.1) is 0 Å². The molecule has 1 aromatic rings. The first-order valence-corrected chi connectivity index (χ1v) is 3.82. The predicted octanol–water partition coefficient (Wildman–Crippen LogP) is 2.05. The highest BCUT2D eigenvalue weighted by Crippen LogP contribution is 2.25. The molecule has 0 aliphatic heterocycles. The van der Waals surface area contributed by atoms with Gasteiger partial charge < -0.3 is 5.11 Å². The van der Waals surface area contributed by atoms with Crippen LogP contribution in [0.5, 0.6) is 0 Å². The molecule has 0 saturated carbocycles. The van der Waals surface area contributed by atoms with Crippen LogP contribution in [0.15, 0.2) is 23.2 Å². The Labute approximate surface area is 80.1 Å². The third-order valence-corrected chi connectivity index (χ3v) is 1.56. The van der Waals surface area contributed by atoms with E-state index in [1.165, 1.54) is 6.08 Å². The lowest BCUT2D eigenvalue weighted by atomic mass is 10.2. The summed E-state index contributed by atoms with van der Waals surface area (Å²) >= 11 is 0. The van der Waals surface area contributed by atoms with E-state index in [1.807, 2.05) is 6.92 Å². The number of anilines is 1. The summed E-state index contributed by atoms with van der Waals surface area (Å²) in [6, 6.07) is 4.85. The molecule has 5 nitrogen and oxygen atoms in total. The molecule has 1 aromatic carbocycles. The van der Waals surface area contributed by atoms with Gasteiger partial charge in [-0.05, 0) is 24.6 Å². The Morgan fingerprint density at radius 1 is 1.57 bits per heavy atom. The van der Waals surface area contributed by atoms with Crippen molar-refractivity contribution < 1.29 is 14.7 Å². The van der Waals surface area contributed by atoms with E-state index in [9.17, 15) is 9.59 Å². The van der Waals surface area contributed by atoms with Gasteiger partial charge in [0, 0.05) is 0 Å². The quantitative estimate of drug-likeness (QED) is 0.556. The molecule has 0 unspecified atom stereocenters. The third-order valence-electron chi connectivity index (χ3n) is 1.56. The van der Waals surface area contributed by atoms with Crippen molar-refractivity contribution in [2.45, 2.75) is 6.92 Å². The van der Waals surface area contributed by atoms with Crippen LogP contribution in [-0.2, 0) is 4.79 Å². The summed E-state index contributed by atoms with van der Waals surface area (Å²) in [7, 11) is 0. The van der Waals surface area contributed by atoms with E-state index < -0.39 is 6.09 Å². The lowest BCUT2D eigenvalue weighted by Gasteiger charge is -2.04. The monoisotopic (exact) mass is 192 g/mol. The van der Waals surface area contributed by atoms with Crippen LogP contribution in [-0.4, -0.2) is 17.3 Å². The van der Waals surface area contributed by atoms with Gasteiger partial charge >= 0.3 is 6.09 Å². The van der Waals surface area contributed by atoms with Gasteiger partial charge in [0.15, 0.2) is 0 Å². The first kappa shape index (κ1) is 9.95. The van der Waals surface area contributed by atoms with Crippen LogP contribution in [0.3, 0.4) is 0 Å². The SMILES string of the molecule is Cc1ccc(NC(=O)O)c(N=C=O)c1. The Balaban J connectivity index is 3.14. The molecule has 0 radical (unpaired) electrons. The molecule has 0 aromatic heterocycles. The van der Waals surface area contributed by atoms with Crippen LogP contribution in [0.25, 0.3) is 0 Å². The maximum Gasteiger partial charge on any atom is 0.409 e. The van der Waals surface area contributed by atoms with Crippen LogP contribution >= 0.6 is 0 Å². The zero-order valence-corrected chi connectivity index (χ0v) is 7.44. The van der Waals surface area contributed by atoms with Crippen LogP contribution in [0.2, 0.25) is 0 Å². The summed E-state index contributed by atoms with van der Waals surface area (Å²) in [5, 5.41) is 10.6. The van der Waals surface area contributed by atoms with Crippen molar-refractivity contribution in [2.75, 3.05) is 5.32 Å². The van der Waals surface area contributed by atoms with Crippen molar-refractivity contribution in [3.05, 3.63) is 23.8 Å². The molecule has 0 fully saturated rings. The van der Waals surface area contributed by atoms with Crippen molar-refractivity contribution in [1.82, 2.24) is 0 Å². The molecule has 0 heterocycles. The maximum atomic E-state index is 10.4. The minimum atomic E-state index is -1.20. The number of carboxylic acid groups (broad SMARTS) is 1. The highest BCUT2D eigenvalue weighted by molar-refractivity contribution is 5.87. The molecule has 0 spiro atoms. The van der Waals surface area contributed by atoms with Gasteiger partial charge in [0.05, 0.1) is 5.69 Å². The molecule has 0 saturated heterocycles. The molecule has 0 aliphatic carbocycles. The van der Waals surface area contributed by atoms with Gasteiger partial charge in [-0.2, -0.15) is 4.99 Å². The molecular formula is C9H8N2O3. The number of isocyanates is 1. The maximum absolute atomic E-state index is 10.4. The topological polar surface area (TPSA) is 78.8 Å². The van der Waals surface area contributed by atoms with E-state index in [-0.39, 0.29) is 11.4 Å². The number of amides is 1. The van der Waals surface area contributed by atoms with Gasteiger partial charge in [-0.3, -0.25) is 5.32 Å². The summed E-state index contributed by atoms with van der Waals surface area (Å²) < 4.78 is 0. The van der Waals surface area contributed by atoms with Gasteiger partial charge in [0.2, 0.25) is 6.08 Å². The van der Waals surface area contributed by atoms with Crippen molar-refractivity contribution >= 4 is 23.5 Å². The second-order valence-electron chi connectivity index (χ2n) is 2.65. The van der Waals surface area contributed by atoms with Crippen molar-refractivity contribution in [2.24, 2.45) is 4.99 Å². The molecule has 5 heteroatoms. The van der Waals surface area contributed by atoms with E-state index in [1.54, 1.807) is 18.2 Å². The first-order valence-electron chi connectivity index (χ1n) is 3.82. The standard InChI is InChI=1S/C9H8N2O3/c1-6-2-3-7(11-9(13)14)8(4-6)10-5-12/h2-4,11H,1H3,(H,13,14). The normalized spacial score (nSPS) is 8.93. The van der Waals surface area contributed by atoms with Crippen LogP contribution < -0.4 is 5.32 Å². The van der Waals surface area contributed by atoms with Crippen molar-refractivity contribution in [3.63, 3.8) is 0 Å². The zero-order chi connectivity index (χ0) is 10.6. The van der Waals surface area contributed by atoms with E-state index in [4.69, 9.17) is 5.11 Å². The summed E-state index contributed by atoms with van der Waals surface area (Å²) in [5.74, 6) is 0. The molecule has 2 N–H and O–H groups in total. The largest absolute Gasteiger partial charge is 0.465 e. The average molecular weight is 192 g/mol. The lowest BCUT2D eigenvalue weighted by Crippen LogP contribution is -2.07. The number of carbonyl (C=O) groups is 1. The second-order valence-corrected chi connectivity index (χ2v) is 2.65. The summed E-state index contributed by atoms with van der Waals surface area (Å²) in [6.07, 6.45) is 0.169. The Kier molecular flexibility index (Phi) is 2.99. The van der Waals surface area contributed by atoms with E-state index in [0.29, 0.717) is 0 Å². The van der Waals surface area contributed by atoms with Crippen LogP contribution in [0.1, 0.15) is 5.56 Å². The number of aliphatic imine (C=N–C) groups is 1. The molecule has 72 valence electrons. The van der Waals surface area contributed by atoms with Crippen molar-refractivity contribution in [1.29, 1.82) is 0 Å². The molecule has 1 amide bonds. The minimum Gasteiger partial charge on any atom is -0.465 e. The van der Waals surface area contributed by atoms with Gasteiger partial charge in [-0.25, -0.2) is 9.59 Å². The first-order chi connectivity index (χ1) is 6.63. The Hall–Kier alpha value is -2.13. The fourth-order valence-corrected chi connectivity index (χ4v) is 1.00. The highest BCUT2D eigenvalue weighted by atomic mass is 16.4. The predicted molar refractivity (Wildman–Crippen MR) is 50.6 cm³/mol. The summed E-state index contributed by atoms with van der Waals surface area (Å²) in [4.78, 5) is 23.8. The van der Waals surface area contributed by atoms with Gasteiger partial charge in [-0.1, -0.05) is 6.07 Å². The highest BCUT2D eigenvalue weighted by Gasteiger charge is 2.04. The van der Waals surface area contributed by atoms with Crippen molar-refractivity contribution in [3.8, 4) is 0 Å². The lowest BCUT2D eigenvalue weighted by molar-refractivity contribution is 0.210. The van der Waals surface area contributed by atoms with E-state index in [0.717, 1.165) is 5.56 Å². The summed E-state index contributed by atoms with van der Waals surface area (Å²) in [5.41, 5.74) is 1.42. The number of benzene rings is 1. The Morgan fingerprint density at radius 2 is 2.29 bits per heavy atom. The van der Waals surface area contributed by atoms with Crippen LogP contribution in [0, 0.1) is 6.92 Å². The Morgan fingerprint density at radius 3 is 2.86 bits per heavy atom. The molecule has 0 aliphatic rings. The van der Waals surface area contributed by atoms with E-state index in [2.05, 4.69) is 10.3 Å². The number of nitrogens with zero attached hydrogens (tertiary/aromatic N) is 1. The fraction of sp³-hybridized carbons (Fsp3) is 0.111. The number of aryl methyl sites for hydroxylation is 1. The van der Waals surface area contributed by atoms with Gasteiger partial charge in [0.25, 0.3) is 0 Å². The molecule has 1 rings (SSSR count). The average Bonchev–Trinajstić information content (AvgIpc) is 2.09. The second kappa shape index (κ2) is 4.20.